The number of carbonyl (C=O) groups excluding carboxylic acids is 1. The molecule has 38 heavy (non-hydrogen) atoms. The van der Waals surface area contributed by atoms with Crippen LogP contribution in [0.3, 0.4) is 0 Å². The molecule has 0 bridgehead atoms. The lowest BCUT2D eigenvalue weighted by atomic mass is 9.98. The number of thiazole rings is 1. The number of nitrogens with zero attached hydrogens (tertiary/aromatic N) is 5. The lowest BCUT2D eigenvalue weighted by Crippen LogP contribution is -2.47. The molecule has 2 aromatic carbocycles. The predicted octanol–water partition coefficient (Wildman–Crippen LogP) is 5.21. The molecule has 0 aliphatic carbocycles. The van der Waals surface area contributed by atoms with Gasteiger partial charge in [-0.3, -0.25) is 14.4 Å². The Morgan fingerprint density at radius 1 is 1.16 bits per heavy atom. The summed E-state index contributed by atoms with van der Waals surface area (Å²) in [6.45, 7) is 7.29. The monoisotopic (exact) mass is 571 g/mol. The Hall–Kier alpha value is -2.79. The first kappa shape index (κ1) is 26.8. The van der Waals surface area contributed by atoms with Crippen molar-refractivity contribution in [1.29, 1.82) is 0 Å². The van der Waals surface area contributed by atoms with Gasteiger partial charge in [0.05, 0.1) is 33.3 Å². The maximum Gasteiger partial charge on any atom is 0.243 e. The Morgan fingerprint density at radius 2 is 1.92 bits per heavy atom. The molecule has 3 heterocycles. The highest BCUT2D eigenvalue weighted by molar-refractivity contribution is 7.89. The number of rotatable bonds is 7. The maximum atomic E-state index is 14.1. The van der Waals surface area contributed by atoms with E-state index in [-0.39, 0.29) is 17.3 Å². The minimum atomic E-state index is -3.69. The van der Waals surface area contributed by atoms with Crippen molar-refractivity contribution >= 4 is 54.2 Å². The molecule has 0 radical (unpaired) electrons. The Kier molecular flexibility index (Phi) is 7.59. The SMILES string of the molecule is Cc1cc(C)n(CCN(C(=O)C2CCCN(S(=O)(=O)c3ccccc3)C2)c2nc3c(C)cc(Cl)cc3s2)n1. The van der Waals surface area contributed by atoms with Gasteiger partial charge < -0.3 is 0 Å². The van der Waals surface area contributed by atoms with Crippen LogP contribution < -0.4 is 4.90 Å². The molecule has 8 nitrogen and oxygen atoms in total. The van der Waals surface area contributed by atoms with Gasteiger partial charge in [-0.2, -0.15) is 9.40 Å². The molecule has 200 valence electrons. The van der Waals surface area contributed by atoms with E-state index in [0.29, 0.717) is 42.6 Å². The van der Waals surface area contributed by atoms with E-state index >= 15 is 0 Å². The quantitative estimate of drug-likeness (QED) is 0.304. The van der Waals surface area contributed by atoms with Crippen molar-refractivity contribution in [3.05, 3.63) is 70.5 Å². The molecular formula is C27H30ClN5O3S2. The molecular weight excluding hydrogens is 542 g/mol. The number of halogens is 1. The largest absolute Gasteiger partial charge is 0.286 e. The molecule has 5 rings (SSSR count). The second-order valence-corrected chi connectivity index (χ2v) is 13.1. The molecule has 0 saturated carbocycles. The van der Waals surface area contributed by atoms with Gasteiger partial charge >= 0.3 is 0 Å². The number of amides is 1. The van der Waals surface area contributed by atoms with Gasteiger partial charge in [0.15, 0.2) is 5.13 Å². The van der Waals surface area contributed by atoms with E-state index in [2.05, 4.69) is 5.10 Å². The first-order chi connectivity index (χ1) is 18.1. The summed E-state index contributed by atoms with van der Waals surface area (Å²) in [6.07, 6.45) is 1.23. The molecule has 2 aromatic heterocycles. The third-order valence-corrected chi connectivity index (χ3v) is 10.0. The van der Waals surface area contributed by atoms with Crippen LogP contribution >= 0.6 is 22.9 Å². The average Bonchev–Trinajstić information content (AvgIpc) is 3.46. The van der Waals surface area contributed by atoms with Gasteiger partial charge in [-0.25, -0.2) is 13.4 Å². The van der Waals surface area contributed by atoms with Crippen molar-refractivity contribution in [1.82, 2.24) is 19.1 Å². The fourth-order valence-electron chi connectivity index (χ4n) is 4.98. The second-order valence-electron chi connectivity index (χ2n) is 9.72. The highest BCUT2D eigenvalue weighted by Gasteiger charge is 2.36. The van der Waals surface area contributed by atoms with E-state index in [1.54, 1.807) is 35.2 Å². The van der Waals surface area contributed by atoms with Crippen LogP contribution in [-0.2, 0) is 21.4 Å². The van der Waals surface area contributed by atoms with Crippen LogP contribution in [0.2, 0.25) is 5.02 Å². The van der Waals surface area contributed by atoms with Crippen molar-refractivity contribution in [2.45, 2.75) is 45.1 Å². The van der Waals surface area contributed by atoms with Crippen LogP contribution in [0.5, 0.6) is 0 Å². The Bertz CT molecular complexity index is 1580. The van der Waals surface area contributed by atoms with Crippen molar-refractivity contribution in [3.8, 4) is 0 Å². The molecule has 1 unspecified atom stereocenters. The van der Waals surface area contributed by atoms with Gasteiger partial charge in [0.1, 0.15) is 0 Å². The van der Waals surface area contributed by atoms with Crippen LogP contribution in [-0.4, -0.2) is 53.0 Å². The summed E-state index contributed by atoms with van der Waals surface area (Å²) in [4.78, 5) is 20.8. The summed E-state index contributed by atoms with van der Waals surface area (Å²) in [5.41, 5.74) is 3.69. The number of hydrogen-bond donors (Lipinski definition) is 0. The Balaban J connectivity index is 1.45. The summed E-state index contributed by atoms with van der Waals surface area (Å²) in [5, 5.41) is 5.76. The summed E-state index contributed by atoms with van der Waals surface area (Å²) in [6, 6.07) is 14.1. The highest BCUT2D eigenvalue weighted by Crippen LogP contribution is 2.35. The zero-order valence-corrected chi connectivity index (χ0v) is 24.0. The van der Waals surface area contributed by atoms with Gasteiger partial charge in [-0.05, 0) is 69.5 Å². The number of fused-ring (bicyclic) bond motifs is 1. The number of aromatic nitrogens is 3. The first-order valence-corrected chi connectivity index (χ1v) is 15.2. The molecule has 4 aromatic rings. The smallest absolute Gasteiger partial charge is 0.243 e. The van der Waals surface area contributed by atoms with Gasteiger partial charge in [0, 0.05) is 30.4 Å². The summed E-state index contributed by atoms with van der Waals surface area (Å²) in [5.74, 6) is -0.596. The van der Waals surface area contributed by atoms with E-state index in [1.165, 1.54) is 15.6 Å². The van der Waals surface area contributed by atoms with Crippen molar-refractivity contribution in [3.63, 3.8) is 0 Å². The van der Waals surface area contributed by atoms with Crippen LogP contribution in [0.25, 0.3) is 10.2 Å². The number of sulfonamides is 1. The average molecular weight is 572 g/mol. The molecule has 1 atom stereocenters. The standard InChI is InChI=1S/C27H30ClN5O3S2/c1-18-14-22(28)16-24-25(18)29-27(37-24)32(12-13-33-20(3)15-19(2)30-33)26(34)21-8-7-11-31(17-21)38(35,36)23-9-5-4-6-10-23/h4-6,9-10,14-16,21H,7-8,11-13,17H2,1-3H3. The van der Waals surface area contributed by atoms with E-state index in [4.69, 9.17) is 16.6 Å². The molecule has 1 amide bonds. The lowest BCUT2D eigenvalue weighted by Gasteiger charge is -2.33. The van der Waals surface area contributed by atoms with Crippen LogP contribution in [0.4, 0.5) is 5.13 Å². The van der Waals surface area contributed by atoms with Gasteiger partial charge in [-0.15, -0.1) is 0 Å². The van der Waals surface area contributed by atoms with Crippen molar-refractivity contribution in [2.24, 2.45) is 5.92 Å². The zero-order chi connectivity index (χ0) is 27.0. The minimum Gasteiger partial charge on any atom is -0.286 e. The van der Waals surface area contributed by atoms with Crippen molar-refractivity contribution < 1.29 is 13.2 Å². The number of anilines is 1. The number of benzene rings is 2. The van der Waals surface area contributed by atoms with Gasteiger partial charge in [-0.1, -0.05) is 41.1 Å². The minimum absolute atomic E-state index is 0.123. The molecule has 1 aliphatic rings. The summed E-state index contributed by atoms with van der Waals surface area (Å²) >= 11 is 7.71. The van der Waals surface area contributed by atoms with Crippen LogP contribution in [0.15, 0.2) is 53.4 Å². The Labute approximate surface area is 231 Å². The molecule has 11 heteroatoms. The molecule has 1 saturated heterocycles. The molecule has 1 fully saturated rings. The summed E-state index contributed by atoms with van der Waals surface area (Å²) in [7, 11) is -3.69. The van der Waals surface area contributed by atoms with E-state index in [9.17, 15) is 13.2 Å². The molecule has 0 spiro atoms. The Morgan fingerprint density at radius 3 is 2.63 bits per heavy atom. The first-order valence-electron chi connectivity index (χ1n) is 12.6. The fraction of sp³-hybridized carbons (Fsp3) is 0.370. The van der Waals surface area contributed by atoms with E-state index < -0.39 is 15.9 Å². The summed E-state index contributed by atoms with van der Waals surface area (Å²) < 4.78 is 30.8. The van der Waals surface area contributed by atoms with Crippen LogP contribution in [0, 0.1) is 26.7 Å². The predicted molar refractivity (Wildman–Crippen MR) is 151 cm³/mol. The number of piperidine rings is 1. The third kappa shape index (κ3) is 5.36. The number of hydrogen-bond acceptors (Lipinski definition) is 6. The lowest BCUT2D eigenvalue weighted by molar-refractivity contribution is -0.123. The fourth-order valence-corrected chi connectivity index (χ4v) is 7.98. The van der Waals surface area contributed by atoms with Gasteiger partial charge in [0.2, 0.25) is 15.9 Å². The van der Waals surface area contributed by atoms with E-state index in [0.717, 1.165) is 27.2 Å². The van der Waals surface area contributed by atoms with Crippen molar-refractivity contribution in [2.75, 3.05) is 24.5 Å². The van der Waals surface area contributed by atoms with Crippen LogP contribution in [0.1, 0.15) is 29.8 Å². The zero-order valence-electron chi connectivity index (χ0n) is 21.6. The highest BCUT2D eigenvalue weighted by atomic mass is 35.5. The molecule has 1 aliphatic heterocycles. The van der Waals surface area contributed by atoms with E-state index in [1.807, 2.05) is 43.7 Å². The topological polar surface area (TPSA) is 88.4 Å². The number of aryl methyl sites for hydroxylation is 3. The maximum absolute atomic E-state index is 14.1. The normalized spacial score (nSPS) is 16.7. The van der Waals surface area contributed by atoms with Gasteiger partial charge in [0.25, 0.3) is 0 Å². The second kappa shape index (κ2) is 10.8. The number of carbonyl (C=O) groups is 1. The molecule has 0 N–H and O–H groups in total. The third-order valence-electron chi connectivity index (χ3n) is 6.89.